The third-order valence-corrected chi connectivity index (χ3v) is 5.99. The summed E-state index contributed by atoms with van der Waals surface area (Å²) in [5, 5.41) is 10.6. The minimum atomic E-state index is -0.428. The Morgan fingerprint density at radius 2 is 1.68 bits per heavy atom. The molecule has 3 rings (SSSR count). The standard InChI is InChI=1S/C27H35N5O2/c1-5-16-31(22(4)27(34)29-24-14-10-7-11-15-24)19-26(33)28-17-25-20(2)30-32(21(25)3)18-23-12-8-6-9-13-23/h6-15,22H,5,16-19H2,1-4H3,(H,28,33)(H,29,34). The Kier molecular flexibility index (Phi) is 8.99. The molecule has 1 heterocycles. The van der Waals surface area contributed by atoms with Crippen LogP contribution in [0.3, 0.4) is 0 Å². The van der Waals surface area contributed by atoms with Crippen molar-refractivity contribution in [3.63, 3.8) is 0 Å². The molecule has 0 saturated carbocycles. The second kappa shape index (κ2) is 12.1. The second-order valence-electron chi connectivity index (χ2n) is 8.57. The average molecular weight is 462 g/mol. The number of nitrogens with one attached hydrogen (secondary N) is 2. The lowest BCUT2D eigenvalue weighted by Crippen LogP contribution is -2.47. The molecule has 0 aliphatic rings. The highest BCUT2D eigenvalue weighted by Crippen LogP contribution is 2.15. The molecule has 3 aromatic rings. The van der Waals surface area contributed by atoms with Crippen LogP contribution < -0.4 is 10.6 Å². The zero-order valence-corrected chi connectivity index (χ0v) is 20.5. The van der Waals surface area contributed by atoms with E-state index in [1.807, 2.05) is 85.8 Å². The van der Waals surface area contributed by atoms with Crippen LogP contribution in [0.5, 0.6) is 0 Å². The first-order valence-electron chi connectivity index (χ1n) is 11.8. The van der Waals surface area contributed by atoms with E-state index < -0.39 is 6.04 Å². The molecule has 1 atom stereocenters. The summed E-state index contributed by atoms with van der Waals surface area (Å²) in [7, 11) is 0. The van der Waals surface area contributed by atoms with Crippen LogP contribution in [0.1, 0.15) is 42.8 Å². The number of para-hydroxylation sites is 1. The molecular formula is C27H35N5O2. The first-order valence-corrected chi connectivity index (χ1v) is 11.8. The van der Waals surface area contributed by atoms with Crippen LogP contribution in [-0.2, 0) is 22.7 Å². The Morgan fingerprint density at radius 1 is 1.03 bits per heavy atom. The van der Waals surface area contributed by atoms with Gasteiger partial charge < -0.3 is 10.6 Å². The maximum absolute atomic E-state index is 12.8. The van der Waals surface area contributed by atoms with Gasteiger partial charge in [-0.15, -0.1) is 0 Å². The fraction of sp³-hybridized carbons (Fsp3) is 0.370. The summed E-state index contributed by atoms with van der Waals surface area (Å²) in [5.41, 5.74) is 4.92. The van der Waals surface area contributed by atoms with Gasteiger partial charge in [-0.3, -0.25) is 19.2 Å². The molecule has 7 heteroatoms. The van der Waals surface area contributed by atoms with Crippen molar-refractivity contribution in [1.29, 1.82) is 0 Å². The lowest BCUT2D eigenvalue weighted by Gasteiger charge is -2.27. The number of anilines is 1. The molecule has 0 radical (unpaired) electrons. The zero-order valence-electron chi connectivity index (χ0n) is 20.5. The molecule has 1 unspecified atom stereocenters. The summed E-state index contributed by atoms with van der Waals surface area (Å²) in [6.45, 7) is 9.80. The molecule has 0 saturated heterocycles. The quantitative estimate of drug-likeness (QED) is 0.454. The highest BCUT2D eigenvalue weighted by atomic mass is 16.2. The smallest absolute Gasteiger partial charge is 0.241 e. The number of carbonyl (C=O) groups excluding carboxylic acids is 2. The van der Waals surface area contributed by atoms with Crippen LogP contribution >= 0.6 is 0 Å². The number of hydrogen-bond donors (Lipinski definition) is 2. The van der Waals surface area contributed by atoms with Crippen molar-refractivity contribution in [3.8, 4) is 0 Å². The van der Waals surface area contributed by atoms with Crippen LogP contribution in [0.15, 0.2) is 60.7 Å². The van der Waals surface area contributed by atoms with Crippen LogP contribution in [0.2, 0.25) is 0 Å². The van der Waals surface area contributed by atoms with E-state index in [9.17, 15) is 9.59 Å². The van der Waals surface area contributed by atoms with Crippen molar-refractivity contribution >= 4 is 17.5 Å². The molecule has 0 aliphatic carbocycles. The summed E-state index contributed by atoms with van der Waals surface area (Å²) in [6, 6.07) is 19.1. The number of benzene rings is 2. The number of hydrogen-bond acceptors (Lipinski definition) is 4. The molecule has 0 bridgehead atoms. The summed E-state index contributed by atoms with van der Waals surface area (Å²) >= 11 is 0. The summed E-state index contributed by atoms with van der Waals surface area (Å²) < 4.78 is 1.98. The Hall–Kier alpha value is -3.45. The number of aromatic nitrogens is 2. The molecular weight excluding hydrogens is 426 g/mol. The van der Waals surface area contributed by atoms with Gasteiger partial charge in [-0.1, -0.05) is 55.5 Å². The van der Waals surface area contributed by atoms with E-state index in [-0.39, 0.29) is 18.4 Å². The van der Waals surface area contributed by atoms with Gasteiger partial charge in [0.1, 0.15) is 0 Å². The molecule has 0 aliphatic heterocycles. The van der Waals surface area contributed by atoms with Crippen LogP contribution in [-0.4, -0.2) is 45.6 Å². The molecule has 2 N–H and O–H groups in total. The lowest BCUT2D eigenvalue weighted by atomic mass is 10.2. The Morgan fingerprint density at radius 3 is 2.32 bits per heavy atom. The van der Waals surface area contributed by atoms with Crippen LogP contribution in [0.4, 0.5) is 5.69 Å². The first kappa shape index (κ1) is 25.2. The molecule has 180 valence electrons. The molecule has 2 aromatic carbocycles. The SMILES string of the molecule is CCCN(CC(=O)NCc1c(C)nn(Cc2ccccc2)c1C)C(C)C(=O)Nc1ccccc1. The van der Waals surface area contributed by atoms with Crippen molar-refractivity contribution in [3.05, 3.63) is 83.2 Å². The Balaban J connectivity index is 1.58. The fourth-order valence-corrected chi connectivity index (χ4v) is 3.96. The number of rotatable bonds is 11. The van der Waals surface area contributed by atoms with Gasteiger partial charge in [0.05, 0.1) is 24.8 Å². The lowest BCUT2D eigenvalue weighted by molar-refractivity contribution is -0.125. The van der Waals surface area contributed by atoms with Crippen LogP contribution in [0, 0.1) is 13.8 Å². The van der Waals surface area contributed by atoms with E-state index in [0.717, 1.165) is 29.1 Å². The monoisotopic (exact) mass is 461 g/mol. The number of nitrogens with zero attached hydrogens (tertiary/aromatic N) is 3. The fourth-order valence-electron chi connectivity index (χ4n) is 3.96. The van der Waals surface area contributed by atoms with Crippen molar-refractivity contribution in [2.45, 2.75) is 53.2 Å². The van der Waals surface area contributed by atoms with Gasteiger partial charge in [0, 0.05) is 23.5 Å². The van der Waals surface area contributed by atoms with Crippen molar-refractivity contribution < 1.29 is 9.59 Å². The van der Waals surface area contributed by atoms with Gasteiger partial charge in [-0.05, 0) is 51.4 Å². The topological polar surface area (TPSA) is 79.3 Å². The minimum Gasteiger partial charge on any atom is -0.351 e. The predicted molar refractivity (Wildman–Crippen MR) is 135 cm³/mol. The molecule has 7 nitrogen and oxygen atoms in total. The minimum absolute atomic E-state index is 0.109. The van der Waals surface area contributed by atoms with Gasteiger partial charge in [-0.25, -0.2) is 0 Å². The molecule has 1 aromatic heterocycles. The van der Waals surface area contributed by atoms with Gasteiger partial charge in [0.15, 0.2) is 0 Å². The van der Waals surface area contributed by atoms with E-state index in [1.165, 1.54) is 5.56 Å². The normalized spacial score (nSPS) is 11.9. The van der Waals surface area contributed by atoms with E-state index in [1.54, 1.807) is 0 Å². The first-order chi connectivity index (χ1) is 16.4. The van der Waals surface area contributed by atoms with Gasteiger partial charge in [0.25, 0.3) is 0 Å². The van der Waals surface area contributed by atoms with Crippen molar-refractivity contribution in [2.75, 3.05) is 18.4 Å². The van der Waals surface area contributed by atoms with E-state index >= 15 is 0 Å². The Labute approximate surface area is 202 Å². The van der Waals surface area contributed by atoms with E-state index in [2.05, 4.69) is 27.9 Å². The van der Waals surface area contributed by atoms with E-state index in [4.69, 9.17) is 0 Å². The average Bonchev–Trinajstić information content (AvgIpc) is 3.10. The molecule has 2 amide bonds. The van der Waals surface area contributed by atoms with Gasteiger partial charge in [-0.2, -0.15) is 5.10 Å². The molecule has 0 spiro atoms. The third-order valence-electron chi connectivity index (χ3n) is 5.99. The highest BCUT2D eigenvalue weighted by molar-refractivity contribution is 5.94. The maximum Gasteiger partial charge on any atom is 0.241 e. The van der Waals surface area contributed by atoms with Gasteiger partial charge in [0.2, 0.25) is 11.8 Å². The highest BCUT2D eigenvalue weighted by Gasteiger charge is 2.23. The van der Waals surface area contributed by atoms with Crippen molar-refractivity contribution in [1.82, 2.24) is 20.0 Å². The number of amides is 2. The largest absolute Gasteiger partial charge is 0.351 e. The Bertz CT molecular complexity index is 1080. The van der Waals surface area contributed by atoms with Crippen LogP contribution in [0.25, 0.3) is 0 Å². The third kappa shape index (κ3) is 6.78. The van der Waals surface area contributed by atoms with Gasteiger partial charge >= 0.3 is 0 Å². The number of aryl methyl sites for hydroxylation is 1. The number of carbonyl (C=O) groups is 2. The summed E-state index contributed by atoms with van der Waals surface area (Å²) in [5.74, 6) is -0.233. The molecule has 0 fully saturated rings. The second-order valence-corrected chi connectivity index (χ2v) is 8.57. The summed E-state index contributed by atoms with van der Waals surface area (Å²) in [6.07, 6.45) is 0.848. The van der Waals surface area contributed by atoms with E-state index in [0.29, 0.717) is 19.6 Å². The van der Waals surface area contributed by atoms with Crippen molar-refractivity contribution in [2.24, 2.45) is 0 Å². The summed E-state index contributed by atoms with van der Waals surface area (Å²) in [4.78, 5) is 27.4. The zero-order chi connectivity index (χ0) is 24.5. The molecule has 34 heavy (non-hydrogen) atoms. The maximum atomic E-state index is 12.8. The predicted octanol–water partition coefficient (Wildman–Crippen LogP) is 3.90.